The predicted molar refractivity (Wildman–Crippen MR) is 72.6 cm³/mol. The molecule has 5 heteroatoms. The second-order valence-corrected chi connectivity index (χ2v) is 4.10. The number of carbonyl (C=O) groups is 1. The summed E-state index contributed by atoms with van der Waals surface area (Å²) in [6.45, 7) is 0.958. The quantitative estimate of drug-likeness (QED) is 0.799. The summed E-state index contributed by atoms with van der Waals surface area (Å²) in [5, 5.41) is 1.40. The van der Waals surface area contributed by atoms with Crippen molar-refractivity contribution >= 4 is 6.03 Å². The summed E-state index contributed by atoms with van der Waals surface area (Å²) in [7, 11) is 0. The van der Waals surface area contributed by atoms with Crippen molar-refractivity contribution < 1.29 is 4.79 Å². The van der Waals surface area contributed by atoms with Gasteiger partial charge in [-0.3, -0.25) is 9.99 Å². The molecular formula is C14H16N4O. The van der Waals surface area contributed by atoms with Crippen molar-refractivity contribution in [3.63, 3.8) is 0 Å². The van der Waals surface area contributed by atoms with Crippen molar-refractivity contribution in [2.45, 2.75) is 13.1 Å². The molecule has 1 aromatic carbocycles. The first-order chi connectivity index (χ1) is 9.25. The molecule has 5 nitrogen and oxygen atoms in total. The monoisotopic (exact) mass is 256 g/mol. The highest BCUT2D eigenvalue weighted by molar-refractivity contribution is 5.71. The van der Waals surface area contributed by atoms with Crippen LogP contribution in [0.1, 0.15) is 11.1 Å². The molecule has 0 spiro atoms. The van der Waals surface area contributed by atoms with E-state index >= 15 is 0 Å². The van der Waals surface area contributed by atoms with E-state index in [9.17, 15) is 4.79 Å². The summed E-state index contributed by atoms with van der Waals surface area (Å²) < 4.78 is 0. The van der Waals surface area contributed by atoms with E-state index in [-0.39, 0.29) is 0 Å². The standard InChI is InChI=1S/C14H16N4O/c15-14(19)18(11-13-4-2-1-3-5-13)17-10-12-6-8-16-9-7-12/h1-9,17H,10-11H2,(H2,15,19). The Labute approximate surface area is 112 Å². The Bertz CT molecular complexity index is 515. The zero-order valence-corrected chi connectivity index (χ0v) is 10.5. The van der Waals surface area contributed by atoms with Crippen LogP contribution in [-0.4, -0.2) is 16.0 Å². The highest BCUT2D eigenvalue weighted by atomic mass is 16.2. The summed E-state index contributed by atoms with van der Waals surface area (Å²) in [5.74, 6) is 0. The van der Waals surface area contributed by atoms with Gasteiger partial charge in [0.2, 0.25) is 0 Å². The first-order valence-corrected chi connectivity index (χ1v) is 5.99. The Morgan fingerprint density at radius 2 is 1.79 bits per heavy atom. The molecule has 2 aromatic rings. The molecule has 0 unspecified atom stereocenters. The average molecular weight is 256 g/mol. The number of nitrogens with two attached hydrogens (primary N) is 1. The fourth-order valence-electron chi connectivity index (χ4n) is 1.67. The first kappa shape index (κ1) is 13.0. The van der Waals surface area contributed by atoms with Crippen LogP contribution in [0.25, 0.3) is 0 Å². The highest BCUT2D eigenvalue weighted by Gasteiger charge is 2.09. The fraction of sp³-hybridized carbons (Fsp3) is 0.143. The molecule has 0 fully saturated rings. The van der Waals surface area contributed by atoms with Gasteiger partial charge in [-0.25, -0.2) is 10.2 Å². The van der Waals surface area contributed by atoms with Crippen molar-refractivity contribution in [2.24, 2.45) is 5.73 Å². The lowest BCUT2D eigenvalue weighted by Crippen LogP contribution is -2.44. The molecule has 19 heavy (non-hydrogen) atoms. The summed E-state index contributed by atoms with van der Waals surface area (Å²) in [6, 6.07) is 13.0. The lowest BCUT2D eigenvalue weighted by atomic mass is 10.2. The van der Waals surface area contributed by atoms with Gasteiger partial charge in [-0.1, -0.05) is 30.3 Å². The molecule has 0 aliphatic carbocycles. The molecule has 1 heterocycles. The van der Waals surface area contributed by atoms with Gasteiger partial charge in [-0.2, -0.15) is 0 Å². The first-order valence-electron chi connectivity index (χ1n) is 5.99. The Kier molecular flexibility index (Phi) is 4.47. The maximum atomic E-state index is 11.4. The summed E-state index contributed by atoms with van der Waals surface area (Å²) in [6.07, 6.45) is 3.42. The van der Waals surface area contributed by atoms with Gasteiger partial charge in [0.25, 0.3) is 0 Å². The molecule has 0 aliphatic rings. The van der Waals surface area contributed by atoms with Gasteiger partial charge < -0.3 is 5.73 Å². The van der Waals surface area contributed by atoms with Crippen LogP contribution in [0.4, 0.5) is 4.79 Å². The summed E-state index contributed by atoms with van der Waals surface area (Å²) in [5.41, 5.74) is 10.4. The molecule has 0 radical (unpaired) electrons. The van der Waals surface area contributed by atoms with Crippen LogP contribution in [0.3, 0.4) is 0 Å². The number of hydrogen-bond donors (Lipinski definition) is 2. The van der Waals surface area contributed by atoms with Crippen LogP contribution in [0.5, 0.6) is 0 Å². The Hall–Kier alpha value is -2.40. The zero-order chi connectivity index (χ0) is 13.5. The third kappa shape index (κ3) is 4.08. The van der Waals surface area contributed by atoms with E-state index in [1.54, 1.807) is 12.4 Å². The minimum absolute atomic E-state index is 0.432. The number of amides is 2. The molecule has 98 valence electrons. The predicted octanol–water partition coefficient (Wildman–Crippen LogP) is 1.67. The van der Waals surface area contributed by atoms with E-state index in [0.717, 1.165) is 11.1 Å². The number of aromatic nitrogens is 1. The van der Waals surface area contributed by atoms with Crippen molar-refractivity contribution in [1.29, 1.82) is 0 Å². The lowest BCUT2D eigenvalue weighted by molar-refractivity contribution is 0.173. The summed E-state index contributed by atoms with van der Waals surface area (Å²) >= 11 is 0. The number of urea groups is 1. The van der Waals surface area contributed by atoms with Crippen LogP contribution in [0.15, 0.2) is 54.9 Å². The number of hydrogen-bond acceptors (Lipinski definition) is 3. The second-order valence-electron chi connectivity index (χ2n) is 4.10. The summed E-state index contributed by atoms with van der Waals surface area (Å²) in [4.78, 5) is 15.3. The molecule has 0 aliphatic heterocycles. The van der Waals surface area contributed by atoms with Crippen LogP contribution < -0.4 is 11.2 Å². The largest absolute Gasteiger partial charge is 0.350 e. The maximum Gasteiger partial charge on any atom is 0.329 e. The number of nitrogens with zero attached hydrogens (tertiary/aromatic N) is 2. The topological polar surface area (TPSA) is 71.2 Å². The smallest absolute Gasteiger partial charge is 0.329 e. The van der Waals surface area contributed by atoms with Crippen molar-refractivity contribution in [2.75, 3.05) is 0 Å². The van der Waals surface area contributed by atoms with E-state index in [1.807, 2.05) is 42.5 Å². The Morgan fingerprint density at radius 3 is 2.42 bits per heavy atom. The minimum Gasteiger partial charge on any atom is -0.350 e. The van der Waals surface area contributed by atoms with Crippen molar-refractivity contribution in [3.8, 4) is 0 Å². The molecular weight excluding hydrogens is 240 g/mol. The van der Waals surface area contributed by atoms with E-state index in [0.29, 0.717) is 13.1 Å². The number of primary amides is 1. The molecule has 2 rings (SSSR count). The van der Waals surface area contributed by atoms with Crippen LogP contribution in [0.2, 0.25) is 0 Å². The average Bonchev–Trinajstić information content (AvgIpc) is 2.45. The van der Waals surface area contributed by atoms with Crippen molar-refractivity contribution in [3.05, 3.63) is 66.0 Å². The Morgan fingerprint density at radius 1 is 1.11 bits per heavy atom. The SMILES string of the molecule is NC(=O)N(Cc1ccccc1)NCc1ccncc1. The van der Waals surface area contributed by atoms with E-state index in [1.165, 1.54) is 5.01 Å². The van der Waals surface area contributed by atoms with Gasteiger partial charge in [0, 0.05) is 18.9 Å². The number of hydrazine groups is 1. The lowest BCUT2D eigenvalue weighted by Gasteiger charge is -2.21. The highest BCUT2D eigenvalue weighted by Crippen LogP contribution is 2.03. The second kappa shape index (κ2) is 6.51. The Balaban J connectivity index is 1.95. The maximum absolute atomic E-state index is 11.4. The molecule has 0 atom stereocenters. The van der Waals surface area contributed by atoms with E-state index in [2.05, 4.69) is 10.4 Å². The molecule has 2 amide bonds. The normalized spacial score (nSPS) is 10.1. The number of carbonyl (C=O) groups excluding carboxylic acids is 1. The van der Waals surface area contributed by atoms with E-state index in [4.69, 9.17) is 5.73 Å². The zero-order valence-electron chi connectivity index (χ0n) is 10.5. The van der Waals surface area contributed by atoms with Crippen molar-refractivity contribution in [1.82, 2.24) is 15.4 Å². The number of pyridine rings is 1. The van der Waals surface area contributed by atoms with Crippen LogP contribution >= 0.6 is 0 Å². The third-order valence-electron chi connectivity index (χ3n) is 2.67. The van der Waals surface area contributed by atoms with Gasteiger partial charge >= 0.3 is 6.03 Å². The molecule has 1 aromatic heterocycles. The van der Waals surface area contributed by atoms with Crippen LogP contribution in [-0.2, 0) is 13.1 Å². The minimum atomic E-state index is -0.502. The fourth-order valence-corrected chi connectivity index (χ4v) is 1.67. The van der Waals surface area contributed by atoms with Crippen LogP contribution in [0, 0.1) is 0 Å². The van der Waals surface area contributed by atoms with E-state index < -0.39 is 6.03 Å². The molecule has 3 N–H and O–H groups in total. The number of benzene rings is 1. The molecule has 0 saturated heterocycles. The van der Waals surface area contributed by atoms with Gasteiger partial charge in [0.05, 0.1) is 6.54 Å². The number of rotatable bonds is 5. The number of nitrogens with one attached hydrogen (secondary N) is 1. The van der Waals surface area contributed by atoms with Gasteiger partial charge in [-0.15, -0.1) is 0 Å². The third-order valence-corrected chi connectivity index (χ3v) is 2.67. The molecule has 0 saturated carbocycles. The van der Waals surface area contributed by atoms with Gasteiger partial charge in [0.1, 0.15) is 0 Å². The van der Waals surface area contributed by atoms with Gasteiger partial charge in [-0.05, 0) is 23.3 Å². The molecule has 0 bridgehead atoms. The van der Waals surface area contributed by atoms with Gasteiger partial charge in [0.15, 0.2) is 0 Å².